The summed E-state index contributed by atoms with van der Waals surface area (Å²) in [6, 6.07) is 4.46. The molecule has 0 aliphatic heterocycles. The lowest BCUT2D eigenvalue weighted by Gasteiger charge is -2.13. The van der Waals surface area contributed by atoms with E-state index in [1.807, 2.05) is 0 Å². The van der Waals surface area contributed by atoms with Crippen molar-refractivity contribution in [3.63, 3.8) is 0 Å². The maximum Gasteiger partial charge on any atom is 0.240 e. The fourth-order valence-electron chi connectivity index (χ4n) is 1.67. The van der Waals surface area contributed by atoms with Gasteiger partial charge in [0.15, 0.2) is 11.6 Å². The van der Waals surface area contributed by atoms with Crippen LogP contribution in [-0.4, -0.2) is 8.42 Å². The molecule has 9 heteroatoms. The van der Waals surface area contributed by atoms with E-state index in [1.165, 1.54) is 12.1 Å². The zero-order chi connectivity index (χ0) is 15.8. The van der Waals surface area contributed by atoms with E-state index >= 15 is 0 Å². The molecular formula is C12H10F3N3O2S. The number of hydrogen-bond donors (Lipinski definition) is 3. The molecule has 0 amide bonds. The molecule has 5 N–H and O–H groups in total. The summed E-state index contributed by atoms with van der Waals surface area (Å²) in [4.78, 5) is -0.439. The molecule has 0 aliphatic rings. The van der Waals surface area contributed by atoms with Crippen LogP contribution in [0.15, 0.2) is 35.2 Å². The van der Waals surface area contributed by atoms with Gasteiger partial charge in [-0.25, -0.2) is 26.7 Å². The standard InChI is InChI=1S/C12H10F3N3O2S/c13-6-3-8(14)12(9(15)4-6)18-10-2-1-7(16)5-11(10)21(17,19)20/h1-5,18H,16H2,(H2,17,19,20). The summed E-state index contributed by atoms with van der Waals surface area (Å²) < 4.78 is 62.9. The van der Waals surface area contributed by atoms with E-state index in [2.05, 4.69) is 5.32 Å². The van der Waals surface area contributed by atoms with E-state index < -0.39 is 38.1 Å². The van der Waals surface area contributed by atoms with Gasteiger partial charge in [0, 0.05) is 17.8 Å². The van der Waals surface area contributed by atoms with E-state index in [4.69, 9.17) is 10.9 Å². The Kier molecular flexibility index (Phi) is 3.79. The molecule has 0 saturated heterocycles. The first-order valence-corrected chi connectivity index (χ1v) is 7.07. The van der Waals surface area contributed by atoms with Crippen LogP contribution in [0.25, 0.3) is 0 Å². The predicted octanol–water partition coefficient (Wildman–Crippen LogP) is 2.08. The normalized spacial score (nSPS) is 11.4. The highest BCUT2D eigenvalue weighted by molar-refractivity contribution is 7.89. The Morgan fingerprint density at radius 2 is 1.57 bits per heavy atom. The summed E-state index contributed by atoms with van der Waals surface area (Å²) in [6.45, 7) is 0. The van der Waals surface area contributed by atoms with E-state index in [9.17, 15) is 21.6 Å². The molecule has 2 rings (SSSR count). The second kappa shape index (κ2) is 5.26. The Labute approximate surface area is 118 Å². The molecule has 0 radical (unpaired) electrons. The molecule has 2 aromatic carbocycles. The maximum atomic E-state index is 13.6. The van der Waals surface area contributed by atoms with Crippen molar-refractivity contribution in [3.05, 3.63) is 47.8 Å². The van der Waals surface area contributed by atoms with Gasteiger partial charge in [0.2, 0.25) is 10.0 Å². The van der Waals surface area contributed by atoms with Crippen LogP contribution < -0.4 is 16.2 Å². The number of nitrogens with one attached hydrogen (secondary N) is 1. The van der Waals surface area contributed by atoms with Crippen LogP contribution in [0.4, 0.5) is 30.2 Å². The number of primary sulfonamides is 1. The minimum atomic E-state index is -4.17. The number of anilines is 3. The minimum Gasteiger partial charge on any atom is -0.399 e. The summed E-state index contributed by atoms with van der Waals surface area (Å²) in [5.41, 5.74) is 4.67. The van der Waals surface area contributed by atoms with Crippen molar-refractivity contribution in [1.29, 1.82) is 0 Å². The van der Waals surface area contributed by atoms with Crippen molar-refractivity contribution in [2.45, 2.75) is 4.90 Å². The van der Waals surface area contributed by atoms with Gasteiger partial charge in [-0.3, -0.25) is 0 Å². The van der Waals surface area contributed by atoms with Gasteiger partial charge in [-0.05, 0) is 18.2 Å². The van der Waals surface area contributed by atoms with Gasteiger partial charge in [-0.15, -0.1) is 0 Å². The van der Waals surface area contributed by atoms with E-state index in [0.717, 1.165) is 6.07 Å². The van der Waals surface area contributed by atoms with E-state index in [0.29, 0.717) is 12.1 Å². The molecule has 0 unspecified atom stereocenters. The van der Waals surface area contributed by atoms with Crippen LogP contribution in [0.3, 0.4) is 0 Å². The summed E-state index contributed by atoms with van der Waals surface area (Å²) >= 11 is 0. The molecule has 21 heavy (non-hydrogen) atoms. The number of halogens is 3. The monoisotopic (exact) mass is 317 g/mol. The minimum absolute atomic E-state index is 0.102. The highest BCUT2D eigenvalue weighted by Crippen LogP contribution is 2.29. The average molecular weight is 317 g/mol. The Balaban J connectivity index is 2.56. The Bertz CT molecular complexity index is 786. The molecule has 0 atom stereocenters. The van der Waals surface area contributed by atoms with Gasteiger partial charge in [-0.1, -0.05) is 0 Å². The van der Waals surface area contributed by atoms with Gasteiger partial charge < -0.3 is 11.1 Å². The Morgan fingerprint density at radius 3 is 2.10 bits per heavy atom. The van der Waals surface area contributed by atoms with E-state index in [1.54, 1.807) is 0 Å². The summed E-state index contributed by atoms with van der Waals surface area (Å²) in [6.07, 6.45) is 0. The van der Waals surface area contributed by atoms with Crippen molar-refractivity contribution in [3.8, 4) is 0 Å². The van der Waals surface area contributed by atoms with Crippen molar-refractivity contribution < 1.29 is 21.6 Å². The Hall–Kier alpha value is -2.26. The lowest BCUT2D eigenvalue weighted by Crippen LogP contribution is -2.15. The number of nitrogens with two attached hydrogens (primary N) is 2. The third-order valence-corrected chi connectivity index (χ3v) is 3.53. The van der Waals surface area contributed by atoms with Gasteiger partial charge in [-0.2, -0.15) is 0 Å². The van der Waals surface area contributed by atoms with E-state index in [-0.39, 0.29) is 11.4 Å². The molecule has 0 aliphatic carbocycles. The molecule has 0 heterocycles. The predicted molar refractivity (Wildman–Crippen MR) is 71.8 cm³/mol. The smallest absolute Gasteiger partial charge is 0.240 e. The number of hydrogen-bond acceptors (Lipinski definition) is 4. The molecule has 0 saturated carbocycles. The second-order valence-electron chi connectivity index (χ2n) is 4.17. The van der Waals surface area contributed by atoms with Crippen LogP contribution in [0.2, 0.25) is 0 Å². The zero-order valence-electron chi connectivity index (χ0n) is 10.4. The number of nitrogen functional groups attached to an aromatic ring is 1. The zero-order valence-corrected chi connectivity index (χ0v) is 11.2. The van der Waals surface area contributed by atoms with Crippen molar-refractivity contribution >= 4 is 27.1 Å². The average Bonchev–Trinajstić information content (AvgIpc) is 2.34. The molecule has 0 spiro atoms. The quantitative estimate of drug-likeness (QED) is 0.755. The molecule has 0 bridgehead atoms. The van der Waals surface area contributed by atoms with Crippen molar-refractivity contribution in [1.82, 2.24) is 0 Å². The number of sulfonamides is 1. The second-order valence-corrected chi connectivity index (χ2v) is 5.70. The summed E-state index contributed by atoms with van der Waals surface area (Å²) in [7, 11) is -4.17. The van der Waals surface area contributed by atoms with Crippen molar-refractivity contribution in [2.75, 3.05) is 11.1 Å². The third kappa shape index (κ3) is 3.26. The van der Waals surface area contributed by atoms with Crippen LogP contribution in [0.5, 0.6) is 0 Å². The first kappa shape index (κ1) is 15.1. The lowest BCUT2D eigenvalue weighted by molar-refractivity contribution is 0.548. The highest BCUT2D eigenvalue weighted by Gasteiger charge is 2.18. The van der Waals surface area contributed by atoms with Gasteiger partial charge in [0.1, 0.15) is 16.4 Å². The molecule has 0 aromatic heterocycles. The topological polar surface area (TPSA) is 98.2 Å². The number of benzene rings is 2. The fraction of sp³-hybridized carbons (Fsp3) is 0. The summed E-state index contributed by atoms with van der Waals surface area (Å²) in [5.74, 6) is -3.53. The van der Waals surface area contributed by atoms with Crippen LogP contribution >= 0.6 is 0 Å². The fourth-order valence-corrected chi connectivity index (χ4v) is 2.40. The SMILES string of the molecule is Nc1ccc(Nc2c(F)cc(F)cc2F)c(S(N)(=O)=O)c1. The number of rotatable bonds is 3. The van der Waals surface area contributed by atoms with Crippen LogP contribution in [-0.2, 0) is 10.0 Å². The largest absolute Gasteiger partial charge is 0.399 e. The molecule has 5 nitrogen and oxygen atoms in total. The molecule has 0 fully saturated rings. The third-order valence-electron chi connectivity index (χ3n) is 2.58. The van der Waals surface area contributed by atoms with Gasteiger partial charge >= 0.3 is 0 Å². The molecular weight excluding hydrogens is 307 g/mol. The van der Waals surface area contributed by atoms with Crippen molar-refractivity contribution in [2.24, 2.45) is 5.14 Å². The Morgan fingerprint density at radius 1 is 1.00 bits per heavy atom. The summed E-state index contributed by atoms with van der Waals surface area (Å²) in [5, 5.41) is 7.25. The molecule has 2 aromatic rings. The highest BCUT2D eigenvalue weighted by atomic mass is 32.2. The molecule has 112 valence electrons. The maximum absolute atomic E-state index is 13.6. The first-order valence-electron chi connectivity index (χ1n) is 5.52. The first-order chi connectivity index (χ1) is 9.68. The van der Waals surface area contributed by atoms with Gasteiger partial charge in [0.25, 0.3) is 0 Å². The van der Waals surface area contributed by atoms with Crippen LogP contribution in [0.1, 0.15) is 0 Å². The van der Waals surface area contributed by atoms with Crippen LogP contribution in [0, 0.1) is 17.5 Å². The van der Waals surface area contributed by atoms with Gasteiger partial charge in [0.05, 0.1) is 5.69 Å². The lowest BCUT2D eigenvalue weighted by atomic mass is 10.2.